The van der Waals surface area contributed by atoms with Crippen LogP contribution in [0.25, 0.3) is 0 Å². The summed E-state index contributed by atoms with van der Waals surface area (Å²) >= 11 is 3.29. The maximum Gasteiger partial charge on any atom is 0.124 e. The SMILES string of the molecule is CCC(Cc1cc(F)cc(Br)c1)C(C)N. The molecule has 0 heterocycles. The highest BCUT2D eigenvalue weighted by atomic mass is 79.9. The van der Waals surface area contributed by atoms with Crippen molar-refractivity contribution in [1.82, 2.24) is 0 Å². The molecule has 0 aliphatic rings. The van der Waals surface area contributed by atoms with Crippen molar-refractivity contribution in [3.05, 3.63) is 34.1 Å². The minimum atomic E-state index is -0.195. The molecule has 0 bridgehead atoms. The molecular formula is C12H17BrFN. The van der Waals surface area contributed by atoms with Crippen LogP contribution in [0.4, 0.5) is 4.39 Å². The first-order valence-electron chi connectivity index (χ1n) is 5.23. The van der Waals surface area contributed by atoms with Crippen LogP contribution in [0, 0.1) is 11.7 Å². The Kier molecular flexibility index (Phi) is 4.74. The molecule has 15 heavy (non-hydrogen) atoms. The third kappa shape index (κ3) is 3.92. The molecule has 1 rings (SSSR count). The first-order valence-corrected chi connectivity index (χ1v) is 6.02. The van der Waals surface area contributed by atoms with Crippen molar-refractivity contribution in [2.75, 3.05) is 0 Å². The van der Waals surface area contributed by atoms with Gasteiger partial charge in [-0.1, -0.05) is 29.3 Å². The zero-order valence-electron chi connectivity index (χ0n) is 9.13. The predicted molar refractivity (Wildman–Crippen MR) is 65.2 cm³/mol. The molecule has 1 nitrogen and oxygen atoms in total. The largest absolute Gasteiger partial charge is 0.328 e. The van der Waals surface area contributed by atoms with Crippen LogP contribution in [0.3, 0.4) is 0 Å². The molecule has 0 aliphatic carbocycles. The summed E-state index contributed by atoms with van der Waals surface area (Å²) in [6.45, 7) is 4.12. The fraction of sp³-hybridized carbons (Fsp3) is 0.500. The molecule has 0 aliphatic heterocycles. The van der Waals surface area contributed by atoms with Gasteiger partial charge in [0.1, 0.15) is 5.82 Å². The van der Waals surface area contributed by atoms with E-state index in [2.05, 4.69) is 22.9 Å². The second-order valence-electron chi connectivity index (χ2n) is 4.01. The molecule has 0 amide bonds. The van der Waals surface area contributed by atoms with Crippen LogP contribution in [0.1, 0.15) is 25.8 Å². The van der Waals surface area contributed by atoms with E-state index < -0.39 is 0 Å². The molecule has 2 unspecified atom stereocenters. The van der Waals surface area contributed by atoms with E-state index in [1.54, 1.807) is 6.07 Å². The Hall–Kier alpha value is -0.410. The lowest BCUT2D eigenvalue weighted by Crippen LogP contribution is -2.27. The summed E-state index contributed by atoms with van der Waals surface area (Å²) in [4.78, 5) is 0. The summed E-state index contributed by atoms with van der Waals surface area (Å²) in [5, 5.41) is 0. The summed E-state index contributed by atoms with van der Waals surface area (Å²) < 4.78 is 13.9. The fourth-order valence-corrected chi connectivity index (χ4v) is 2.25. The lowest BCUT2D eigenvalue weighted by atomic mass is 9.91. The van der Waals surface area contributed by atoms with Crippen LogP contribution < -0.4 is 5.73 Å². The van der Waals surface area contributed by atoms with Gasteiger partial charge in [-0.15, -0.1) is 0 Å². The van der Waals surface area contributed by atoms with E-state index >= 15 is 0 Å². The molecule has 0 fully saturated rings. The third-order valence-corrected chi connectivity index (χ3v) is 3.15. The Labute approximate surface area is 99.0 Å². The van der Waals surface area contributed by atoms with Gasteiger partial charge in [-0.2, -0.15) is 0 Å². The zero-order valence-corrected chi connectivity index (χ0v) is 10.7. The average Bonchev–Trinajstić information content (AvgIpc) is 2.12. The molecule has 3 heteroatoms. The summed E-state index contributed by atoms with van der Waals surface area (Å²) in [5.74, 6) is 0.220. The number of benzene rings is 1. The molecule has 0 aromatic heterocycles. The van der Waals surface area contributed by atoms with E-state index in [1.807, 2.05) is 13.0 Å². The summed E-state index contributed by atoms with van der Waals surface area (Å²) in [5.41, 5.74) is 6.87. The lowest BCUT2D eigenvalue weighted by molar-refractivity contribution is 0.427. The van der Waals surface area contributed by atoms with Crippen LogP contribution in [0.15, 0.2) is 22.7 Å². The quantitative estimate of drug-likeness (QED) is 0.893. The van der Waals surface area contributed by atoms with Gasteiger partial charge in [-0.05, 0) is 43.0 Å². The average molecular weight is 274 g/mol. The summed E-state index contributed by atoms with van der Waals surface area (Å²) in [6, 6.07) is 5.15. The number of hydrogen-bond donors (Lipinski definition) is 1. The Morgan fingerprint density at radius 3 is 2.53 bits per heavy atom. The minimum absolute atomic E-state index is 0.150. The standard InChI is InChI=1S/C12H17BrFN/c1-3-10(8(2)15)4-9-5-11(13)7-12(14)6-9/h5-8,10H,3-4,15H2,1-2H3. The van der Waals surface area contributed by atoms with E-state index in [1.165, 1.54) is 6.07 Å². The Bertz CT molecular complexity index is 305. The van der Waals surface area contributed by atoms with Crippen molar-refractivity contribution in [3.63, 3.8) is 0 Å². The van der Waals surface area contributed by atoms with Gasteiger partial charge in [0, 0.05) is 10.5 Å². The van der Waals surface area contributed by atoms with E-state index in [-0.39, 0.29) is 11.9 Å². The molecule has 84 valence electrons. The van der Waals surface area contributed by atoms with E-state index in [0.717, 1.165) is 22.9 Å². The van der Waals surface area contributed by atoms with Crippen LogP contribution in [-0.2, 0) is 6.42 Å². The topological polar surface area (TPSA) is 26.0 Å². The number of hydrogen-bond acceptors (Lipinski definition) is 1. The summed E-state index contributed by atoms with van der Waals surface area (Å²) in [7, 11) is 0. The van der Waals surface area contributed by atoms with Gasteiger partial charge in [0.2, 0.25) is 0 Å². The normalized spacial score (nSPS) is 15.0. The number of halogens is 2. The monoisotopic (exact) mass is 273 g/mol. The van der Waals surface area contributed by atoms with Crippen molar-refractivity contribution in [2.24, 2.45) is 11.7 Å². The molecule has 1 aromatic carbocycles. The summed E-state index contributed by atoms with van der Waals surface area (Å²) in [6.07, 6.45) is 1.86. The predicted octanol–water partition coefficient (Wildman–Crippen LogP) is 3.50. The van der Waals surface area contributed by atoms with Crippen molar-refractivity contribution in [1.29, 1.82) is 0 Å². The van der Waals surface area contributed by atoms with Crippen molar-refractivity contribution in [3.8, 4) is 0 Å². The maximum absolute atomic E-state index is 13.1. The first-order chi connectivity index (χ1) is 7.02. The van der Waals surface area contributed by atoms with Gasteiger partial charge in [0.25, 0.3) is 0 Å². The van der Waals surface area contributed by atoms with E-state index in [9.17, 15) is 4.39 Å². The van der Waals surface area contributed by atoms with Crippen LogP contribution >= 0.6 is 15.9 Å². The highest BCUT2D eigenvalue weighted by molar-refractivity contribution is 9.10. The highest BCUT2D eigenvalue weighted by Gasteiger charge is 2.12. The van der Waals surface area contributed by atoms with Gasteiger partial charge in [0.15, 0.2) is 0 Å². The van der Waals surface area contributed by atoms with Crippen molar-refractivity contribution >= 4 is 15.9 Å². The van der Waals surface area contributed by atoms with E-state index in [4.69, 9.17) is 5.73 Å². The van der Waals surface area contributed by atoms with Crippen molar-refractivity contribution < 1.29 is 4.39 Å². The molecule has 2 N–H and O–H groups in total. The van der Waals surface area contributed by atoms with Gasteiger partial charge < -0.3 is 5.73 Å². The van der Waals surface area contributed by atoms with Crippen LogP contribution in [0.2, 0.25) is 0 Å². The Morgan fingerprint density at radius 2 is 2.07 bits per heavy atom. The zero-order chi connectivity index (χ0) is 11.4. The second-order valence-corrected chi connectivity index (χ2v) is 4.92. The molecule has 0 spiro atoms. The van der Waals surface area contributed by atoms with Crippen LogP contribution in [0.5, 0.6) is 0 Å². The number of nitrogens with two attached hydrogens (primary N) is 1. The van der Waals surface area contributed by atoms with Gasteiger partial charge >= 0.3 is 0 Å². The lowest BCUT2D eigenvalue weighted by Gasteiger charge is -2.19. The molecular weight excluding hydrogens is 257 g/mol. The number of rotatable bonds is 4. The Balaban J connectivity index is 2.79. The molecule has 0 saturated carbocycles. The van der Waals surface area contributed by atoms with E-state index in [0.29, 0.717) is 5.92 Å². The Morgan fingerprint density at radius 1 is 1.40 bits per heavy atom. The molecule has 1 aromatic rings. The van der Waals surface area contributed by atoms with Gasteiger partial charge in [-0.25, -0.2) is 4.39 Å². The minimum Gasteiger partial charge on any atom is -0.328 e. The fourth-order valence-electron chi connectivity index (χ4n) is 1.73. The first kappa shape index (κ1) is 12.7. The van der Waals surface area contributed by atoms with Crippen LogP contribution in [-0.4, -0.2) is 6.04 Å². The van der Waals surface area contributed by atoms with Crippen molar-refractivity contribution in [2.45, 2.75) is 32.7 Å². The second kappa shape index (κ2) is 5.61. The third-order valence-electron chi connectivity index (χ3n) is 2.69. The molecule has 0 saturated heterocycles. The maximum atomic E-state index is 13.1. The highest BCUT2D eigenvalue weighted by Crippen LogP contribution is 2.20. The smallest absolute Gasteiger partial charge is 0.124 e. The van der Waals surface area contributed by atoms with Gasteiger partial charge in [0.05, 0.1) is 0 Å². The molecule has 2 atom stereocenters. The molecule has 0 radical (unpaired) electrons. The van der Waals surface area contributed by atoms with Gasteiger partial charge in [-0.3, -0.25) is 0 Å².